The van der Waals surface area contributed by atoms with Crippen LogP contribution in [0, 0.1) is 5.41 Å². The summed E-state index contributed by atoms with van der Waals surface area (Å²) in [5.41, 5.74) is 5.89. The van der Waals surface area contributed by atoms with Crippen LogP contribution < -0.4 is 21.1 Å². The Bertz CT molecular complexity index is 1560. The van der Waals surface area contributed by atoms with Crippen LogP contribution in [0.3, 0.4) is 0 Å². The molecule has 5 N–H and O–H groups in total. The lowest BCUT2D eigenvalue weighted by molar-refractivity contribution is -0.126. The SMILES string of the molecule is CCOC(=O)NC(=N)c1ccc(N)c(C[C@@]2(N(C)S(=O)(=O)c3ccc4ccc(OC)cc4c3)CCNC2=O)c1. The molecule has 4 rings (SSSR count). The summed E-state index contributed by atoms with van der Waals surface area (Å²) >= 11 is 0. The van der Waals surface area contributed by atoms with Crippen LogP contribution in [0.25, 0.3) is 10.8 Å². The molecular weight excluding hydrogens is 522 g/mol. The third-order valence-corrected chi connectivity index (χ3v) is 8.86. The third kappa shape index (κ3) is 5.38. The summed E-state index contributed by atoms with van der Waals surface area (Å²) < 4.78 is 39.0. The van der Waals surface area contributed by atoms with Gasteiger partial charge in [0.05, 0.1) is 18.6 Å². The maximum atomic E-state index is 13.9. The number of amidine groups is 1. The zero-order valence-corrected chi connectivity index (χ0v) is 22.7. The lowest BCUT2D eigenvalue weighted by atomic mass is 9.88. The quantitative estimate of drug-likeness (QED) is 0.189. The molecule has 1 atom stereocenters. The van der Waals surface area contributed by atoms with E-state index >= 15 is 0 Å². The van der Waals surface area contributed by atoms with Crippen molar-refractivity contribution in [2.24, 2.45) is 0 Å². The van der Waals surface area contributed by atoms with Gasteiger partial charge in [-0.25, -0.2) is 13.2 Å². The summed E-state index contributed by atoms with van der Waals surface area (Å²) in [6, 6.07) is 14.8. The molecule has 0 aromatic heterocycles. The topological polar surface area (TPSA) is 164 Å². The number of nitrogen functional groups attached to an aromatic ring is 1. The number of nitrogens with two attached hydrogens (primary N) is 1. The molecule has 0 spiro atoms. The third-order valence-electron chi connectivity index (χ3n) is 6.94. The number of nitrogens with zero attached hydrogens (tertiary/aromatic N) is 1. The molecule has 0 bridgehead atoms. The van der Waals surface area contributed by atoms with Crippen molar-refractivity contribution in [3.63, 3.8) is 0 Å². The molecular formula is C27H31N5O6S. The highest BCUT2D eigenvalue weighted by atomic mass is 32.2. The van der Waals surface area contributed by atoms with Gasteiger partial charge in [-0.1, -0.05) is 12.1 Å². The minimum absolute atomic E-state index is 0.0342. The van der Waals surface area contributed by atoms with Gasteiger partial charge < -0.3 is 20.5 Å². The van der Waals surface area contributed by atoms with Crippen LogP contribution >= 0.6 is 0 Å². The number of methoxy groups -OCH3 is 1. The number of amides is 2. The number of hydrogen-bond acceptors (Lipinski definition) is 8. The van der Waals surface area contributed by atoms with E-state index in [4.69, 9.17) is 20.6 Å². The van der Waals surface area contributed by atoms with E-state index < -0.39 is 27.6 Å². The summed E-state index contributed by atoms with van der Waals surface area (Å²) in [5.74, 6) is -0.0665. The monoisotopic (exact) mass is 553 g/mol. The summed E-state index contributed by atoms with van der Waals surface area (Å²) in [4.78, 5) is 25.1. The smallest absolute Gasteiger partial charge is 0.412 e. The van der Waals surface area contributed by atoms with Crippen LogP contribution in [0.15, 0.2) is 59.5 Å². The highest BCUT2D eigenvalue weighted by Crippen LogP contribution is 2.35. The Labute approximate surface area is 226 Å². The minimum Gasteiger partial charge on any atom is -0.497 e. The lowest BCUT2D eigenvalue weighted by Gasteiger charge is -2.36. The molecule has 0 aliphatic carbocycles. The van der Waals surface area contributed by atoms with E-state index in [0.717, 1.165) is 9.69 Å². The zero-order valence-electron chi connectivity index (χ0n) is 21.9. The molecule has 1 heterocycles. The molecule has 3 aromatic carbocycles. The number of fused-ring (bicyclic) bond motifs is 1. The fourth-order valence-electron chi connectivity index (χ4n) is 4.69. The number of sulfonamides is 1. The van der Waals surface area contributed by atoms with E-state index in [9.17, 15) is 18.0 Å². The van der Waals surface area contributed by atoms with Gasteiger partial charge in [-0.05, 0) is 72.1 Å². The van der Waals surface area contributed by atoms with Crippen molar-refractivity contribution in [1.29, 1.82) is 5.41 Å². The first-order chi connectivity index (χ1) is 18.5. The van der Waals surface area contributed by atoms with Crippen molar-refractivity contribution in [2.75, 3.05) is 33.0 Å². The largest absolute Gasteiger partial charge is 0.497 e. The number of rotatable bonds is 8. The van der Waals surface area contributed by atoms with Gasteiger partial charge >= 0.3 is 6.09 Å². The van der Waals surface area contributed by atoms with E-state index in [1.54, 1.807) is 49.4 Å². The van der Waals surface area contributed by atoms with Crippen molar-refractivity contribution in [3.05, 3.63) is 65.7 Å². The summed E-state index contributed by atoms with van der Waals surface area (Å²) in [7, 11) is -1.21. The molecule has 11 nitrogen and oxygen atoms in total. The Morgan fingerprint density at radius 1 is 1.15 bits per heavy atom. The van der Waals surface area contributed by atoms with Crippen molar-refractivity contribution in [2.45, 2.75) is 30.2 Å². The molecule has 1 aliphatic heterocycles. The maximum Gasteiger partial charge on any atom is 0.412 e. The number of carbonyl (C=O) groups is 2. The van der Waals surface area contributed by atoms with Gasteiger partial charge in [0, 0.05) is 31.3 Å². The van der Waals surface area contributed by atoms with E-state index in [0.29, 0.717) is 28.0 Å². The summed E-state index contributed by atoms with van der Waals surface area (Å²) in [6.07, 6.45) is -0.598. The standard InChI is InChI=1S/C27H31N5O6S/c1-4-38-26(34)31-24(29)18-7-10-23(28)20(13-18)16-27(11-12-30-25(27)33)32(2)39(35,36)22-9-6-17-5-8-21(37-3)14-19(17)15-22/h5-10,13-15H,4,11-12,16,28H2,1-3H3,(H,30,33)(H2,29,31,34)/t27-/m0/s1. The zero-order chi connectivity index (χ0) is 28.4. The van der Waals surface area contributed by atoms with Crippen molar-refractivity contribution < 1.29 is 27.5 Å². The molecule has 206 valence electrons. The number of alkyl carbamates (subject to hydrolysis) is 1. The lowest BCUT2D eigenvalue weighted by Crippen LogP contribution is -2.55. The number of carbonyl (C=O) groups excluding carboxylic acids is 2. The fraction of sp³-hybridized carbons (Fsp3) is 0.296. The molecule has 12 heteroatoms. The summed E-state index contributed by atoms with van der Waals surface area (Å²) in [6.45, 7) is 2.08. The first-order valence-electron chi connectivity index (χ1n) is 12.3. The highest BCUT2D eigenvalue weighted by molar-refractivity contribution is 7.89. The second-order valence-corrected chi connectivity index (χ2v) is 11.2. The second-order valence-electron chi connectivity index (χ2n) is 9.20. The van der Waals surface area contributed by atoms with Crippen LogP contribution in [-0.4, -0.2) is 63.4 Å². The van der Waals surface area contributed by atoms with Crippen LogP contribution in [0.1, 0.15) is 24.5 Å². The Balaban J connectivity index is 1.70. The number of hydrogen-bond donors (Lipinski definition) is 4. The normalized spacial score (nSPS) is 17.2. The Hall–Kier alpha value is -4.16. The van der Waals surface area contributed by atoms with Crippen LogP contribution in [0.2, 0.25) is 0 Å². The maximum absolute atomic E-state index is 13.9. The predicted molar refractivity (Wildman–Crippen MR) is 147 cm³/mol. The van der Waals surface area contributed by atoms with Gasteiger partial charge in [0.15, 0.2) is 0 Å². The Morgan fingerprint density at radius 2 is 1.90 bits per heavy atom. The molecule has 0 unspecified atom stereocenters. The first kappa shape index (κ1) is 27.9. The van der Waals surface area contributed by atoms with Gasteiger partial charge in [-0.2, -0.15) is 4.31 Å². The Kier molecular flexibility index (Phi) is 7.79. The van der Waals surface area contributed by atoms with Crippen LogP contribution in [-0.2, 0) is 26.0 Å². The van der Waals surface area contributed by atoms with E-state index in [1.807, 2.05) is 6.07 Å². The molecule has 0 saturated carbocycles. The number of ether oxygens (including phenoxy) is 2. The average Bonchev–Trinajstić information content (AvgIpc) is 3.29. The van der Waals surface area contributed by atoms with Gasteiger partial charge in [0.2, 0.25) is 15.9 Å². The molecule has 3 aromatic rings. The molecule has 0 radical (unpaired) electrons. The molecule has 1 saturated heterocycles. The van der Waals surface area contributed by atoms with Crippen molar-refractivity contribution in [3.8, 4) is 5.75 Å². The molecule has 2 amide bonds. The Morgan fingerprint density at radius 3 is 2.56 bits per heavy atom. The van der Waals surface area contributed by atoms with Crippen LogP contribution in [0.5, 0.6) is 5.75 Å². The van der Waals surface area contributed by atoms with Crippen molar-refractivity contribution in [1.82, 2.24) is 14.9 Å². The second kappa shape index (κ2) is 10.9. The number of likely N-dealkylation sites (N-methyl/N-ethyl adjacent to an activating group) is 1. The average molecular weight is 554 g/mol. The van der Waals surface area contributed by atoms with Crippen molar-refractivity contribution >= 4 is 44.3 Å². The van der Waals surface area contributed by atoms with Gasteiger partial charge in [-0.15, -0.1) is 0 Å². The van der Waals surface area contributed by atoms with Gasteiger partial charge in [0.1, 0.15) is 17.1 Å². The van der Waals surface area contributed by atoms with E-state index in [2.05, 4.69) is 10.6 Å². The fourth-order valence-corrected chi connectivity index (χ4v) is 6.22. The van der Waals surface area contributed by atoms with Crippen LogP contribution in [0.4, 0.5) is 10.5 Å². The predicted octanol–water partition coefficient (Wildman–Crippen LogP) is 2.62. The van der Waals surface area contributed by atoms with E-state index in [1.165, 1.54) is 20.2 Å². The molecule has 39 heavy (non-hydrogen) atoms. The summed E-state index contributed by atoms with van der Waals surface area (Å²) in [5, 5.41) is 14.8. The van der Waals surface area contributed by atoms with Gasteiger partial charge in [-0.3, -0.25) is 15.5 Å². The minimum atomic E-state index is -4.13. The van der Waals surface area contributed by atoms with Gasteiger partial charge in [0.25, 0.3) is 0 Å². The number of benzene rings is 3. The molecule has 1 fully saturated rings. The highest BCUT2D eigenvalue weighted by Gasteiger charge is 2.51. The first-order valence-corrected chi connectivity index (χ1v) is 13.7. The number of anilines is 1. The number of nitrogens with one attached hydrogen (secondary N) is 3. The molecule has 1 aliphatic rings. The van der Waals surface area contributed by atoms with E-state index in [-0.39, 0.29) is 36.7 Å².